The number of aromatic nitrogens is 2. The van der Waals surface area contributed by atoms with Gasteiger partial charge in [-0.2, -0.15) is 0 Å². The van der Waals surface area contributed by atoms with E-state index in [1.165, 1.54) is 12.1 Å². The van der Waals surface area contributed by atoms with E-state index in [2.05, 4.69) is 20.2 Å². The maximum Gasteiger partial charge on any atom is 0.408 e. The summed E-state index contributed by atoms with van der Waals surface area (Å²) in [6.07, 6.45) is 3.39. The van der Waals surface area contributed by atoms with Gasteiger partial charge in [0.25, 0.3) is 0 Å². The fraction of sp³-hybridized carbons (Fsp3) is 0.382. The highest BCUT2D eigenvalue weighted by molar-refractivity contribution is 6.30. The number of piperazine rings is 1. The van der Waals surface area contributed by atoms with E-state index in [0.29, 0.717) is 37.6 Å². The highest BCUT2D eigenvalue weighted by Gasteiger charge is 2.36. The van der Waals surface area contributed by atoms with Crippen LogP contribution in [0.5, 0.6) is 0 Å². The molecule has 1 unspecified atom stereocenters. The van der Waals surface area contributed by atoms with Crippen LogP contribution in [0.3, 0.4) is 0 Å². The molecule has 0 saturated carbocycles. The molecule has 10 heteroatoms. The Bertz CT molecular complexity index is 1640. The number of alkyl carbamates (subject to hydrolysis) is 1. The minimum Gasteiger partial charge on any atom is -0.443 e. The van der Waals surface area contributed by atoms with Crippen molar-refractivity contribution in [2.45, 2.75) is 58.1 Å². The molecular weight excluding hydrogens is 581 g/mol. The zero-order valence-electron chi connectivity index (χ0n) is 25.8. The number of hydrogen-bond donors (Lipinski definition) is 2. The lowest BCUT2D eigenvalue weighted by molar-refractivity contribution is -0.134. The van der Waals surface area contributed by atoms with Gasteiger partial charge in [-0.25, -0.2) is 14.2 Å². The average molecular weight is 620 g/mol. The Hall–Kier alpha value is -4.11. The van der Waals surface area contributed by atoms with E-state index in [0.717, 1.165) is 33.4 Å². The van der Waals surface area contributed by atoms with Crippen LogP contribution in [0.4, 0.5) is 14.9 Å². The fourth-order valence-corrected chi connectivity index (χ4v) is 5.86. The predicted molar refractivity (Wildman–Crippen MR) is 173 cm³/mol. The highest BCUT2D eigenvalue weighted by atomic mass is 35.5. The largest absolute Gasteiger partial charge is 0.443 e. The molecule has 2 aromatic heterocycles. The van der Waals surface area contributed by atoms with E-state index in [-0.39, 0.29) is 11.7 Å². The first-order valence-electron chi connectivity index (χ1n) is 14.8. The van der Waals surface area contributed by atoms with E-state index >= 15 is 0 Å². The van der Waals surface area contributed by atoms with Crippen molar-refractivity contribution in [2.24, 2.45) is 0 Å². The summed E-state index contributed by atoms with van der Waals surface area (Å²) in [6, 6.07) is 15.8. The van der Waals surface area contributed by atoms with E-state index in [9.17, 15) is 14.0 Å². The number of pyridine rings is 1. The van der Waals surface area contributed by atoms with Gasteiger partial charge in [-0.05, 0) is 76.1 Å². The third-order valence-corrected chi connectivity index (χ3v) is 7.97. The number of ether oxygens (including phenoxy) is 1. The summed E-state index contributed by atoms with van der Waals surface area (Å²) in [4.78, 5) is 38.7. The van der Waals surface area contributed by atoms with Crippen molar-refractivity contribution in [3.8, 4) is 11.1 Å². The van der Waals surface area contributed by atoms with Crippen LogP contribution in [-0.2, 0) is 9.53 Å². The first-order chi connectivity index (χ1) is 20.8. The number of halogens is 2. The molecule has 1 aliphatic heterocycles. The average Bonchev–Trinajstić information content (AvgIpc) is 3.43. The number of nitrogens with one attached hydrogen (secondary N) is 2. The molecular formula is C34H39ClFN5O3. The Morgan fingerprint density at radius 1 is 1.05 bits per heavy atom. The molecule has 0 radical (unpaired) electrons. The summed E-state index contributed by atoms with van der Waals surface area (Å²) in [5, 5.41) is 4.35. The molecule has 2 N–H and O–H groups in total. The molecule has 8 nitrogen and oxygen atoms in total. The first kappa shape index (κ1) is 31.3. The van der Waals surface area contributed by atoms with Gasteiger partial charge in [-0.3, -0.25) is 4.79 Å². The predicted octanol–water partition coefficient (Wildman–Crippen LogP) is 7.15. The molecule has 0 bridgehead atoms. The molecule has 1 saturated heterocycles. The van der Waals surface area contributed by atoms with Crippen molar-refractivity contribution in [2.75, 3.05) is 31.1 Å². The summed E-state index contributed by atoms with van der Waals surface area (Å²) in [5.74, 6) is -0.891. The molecule has 3 heterocycles. The van der Waals surface area contributed by atoms with Gasteiger partial charge in [0.15, 0.2) is 0 Å². The van der Waals surface area contributed by atoms with Crippen LogP contribution in [0, 0.1) is 5.82 Å². The molecule has 0 aliphatic carbocycles. The van der Waals surface area contributed by atoms with Crippen molar-refractivity contribution < 1.29 is 18.7 Å². The van der Waals surface area contributed by atoms with Crippen LogP contribution in [0.1, 0.15) is 52.5 Å². The number of H-pyrrole nitrogens is 1. The molecule has 2 amide bonds. The molecule has 1 atom stereocenters. The van der Waals surface area contributed by atoms with Crippen LogP contribution in [0.15, 0.2) is 67.0 Å². The monoisotopic (exact) mass is 619 g/mol. The number of carbonyl (C=O) groups excluding carboxylic acids is 2. The minimum absolute atomic E-state index is 0.0354. The number of amides is 2. The Kier molecular flexibility index (Phi) is 8.88. The van der Waals surface area contributed by atoms with Crippen LogP contribution in [-0.4, -0.2) is 64.2 Å². The third-order valence-electron chi connectivity index (χ3n) is 7.71. The lowest BCUT2D eigenvalue weighted by atomic mass is 9.86. The second-order valence-electron chi connectivity index (χ2n) is 12.9. The van der Waals surface area contributed by atoms with Crippen molar-refractivity contribution in [1.82, 2.24) is 20.2 Å². The van der Waals surface area contributed by atoms with Gasteiger partial charge in [0, 0.05) is 66.5 Å². The summed E-state index contributed by atoms with van der Waals surface area (Å²) >= 11 is 6.18. The summed E-state index contributed by atoms with van der Waals surface area (Å²) in [7, 11) is 0. The second-order valence-corrected chi connectivity index (χ2v) is 13.4. The molecule has 232 valence electrons. The van der Waals surface area contributed by atoms with Crippen molar-refractivity contribution in [1.29, 1.82) is 0 Å². The van der Waals surface area contributed by atoms with Crippen molar-refractivity contribution >= 4 is 40.3 Å². The van der Waals surface area contributed by atoms with Crippen LogP contribution < -0.4 is 10.2 Å². The maximum absolute atomic E-state index is 14.2. The second kappa shape index (κ2) is 12.5. The first-order valence-corrected chi connectivity index (χ1v) is 15.2. The van der Waals surface area contributed by atoms with Crippen molar-refractivity contribution in [3.63, 3.8) is 0 Å². The van der Waals surface area contributed by atoms with E-state index < -0.39 is 23.2 Å². The highest BCUT2D eigenvalue weighted by Crippen LogP contribution is 2.38. The van der Waals surface area contributed by atoms with Gasteiger partial charge >= 0.3 is 6.09 Å². The van der Waals surface area contributed by atoms with E-state index in [1.54, 1.807) is 24.4 Å². The number of aromatic amines is 1. The normalized spacial score (nSPS) is 14.9. The molecule has 1 aliphatic rings. The number of nitrogens with zero attached hydrogens (tertiary/aromatic N) is 3. The van der Waals surface area contributed by atoms with Gasteiger partial charge in [-0.1, -0.05) is 35.9 Å². The molecule has 44 heavy (non-hydrogen) atoms. The minimum atomic E-state index is -0.923. The van der Waals surface area contributed by atoms with Crippen LogP contribution >= 0.6 is 11.6 Å². The number of hydrogen-bond acceptors (Lipinski definition) is 5. The Labute approximate surface area is 262 Å². The molecule has 2 aromatic carbocycles. The molecule has 1 fully saturated rings. The number of rotatable bonds is 7. The fourth-order valence-electron chi connectivity index (χ4n) is 5.73. The van der Waals surface area contributed by atoms with Gasteiger partial charge < -0.3 is 24.8 Å². The number of fused-ring (bicyclic) bond motifs is 1. The number of benzene rings is 2. The van der Waals surface area contributed by atoms with Crippen LogP contribution in [0.25, 0.3) is 22.2 Å². The van der Waals surface area contributed by atoms with E-state index in [4.69, 9.17) is 16.3 Å². The van der Waals surface area contributed by atoms with Gasteiger partial charge in [-0.15, -0.1) is 0 Å². The molecule has 0 spiro atoms. The topological polar surface area (TPSA) is 90.6 Å². The molecule has 4 aromatic rings. The molecule has 5 rings (SSSR count). The summed E-state index contributed by atoms with van der Waals surface area (Å²) in [6.45, 7) is 11.4. The van der Waals surface area contributed by atoms with Gasteiger partial charge in [0.05, 0.1) is 11.6 Å². The van der Waals surface area contributed by atoms with Gasteiger partial charge in [0.1, 0.15) is 17.1 Å². The standard InChI is InChI=1S/C34H39ClFN5O3/c1-33(2,3)39-32(43)44-34(4,5)20-27(22-9-11-24(35)12-10-22)31(42)41-17-15-40(16-18-41)29-26-13-14-37-30(26)38-21-28(29)23-7-6-8-25(36)19-23/h6-14,19,21,27H,15-18,20H2,1-5H3,(H,37,38)(H,39,43). The Morgan fingerprint density at radius 2 is 1.75 bits per heavy atom. The van der Waals surface area contributed by atoms with Crippen LogP contribution in [0.2, 0.25) is 5.02 Å². The van der Waals surface area contributed by atoms with Gasteiger partial charge in [0.2, 0.25) is 5.91 Å². The Morgan fingerprint density at radius 3 is 2.41 bits per heavy atom. The number of anilines is 1. The van der Waals surface area contributed by atoms with E-state index in [1.807, 2.05) is 70.0 Å². The lowest BCUT2D eigenvalue weighted by Crippen LogP contribution is -2.51. The number of carbonyl (C=O) groups is 2. The summed E-state index contributed by atoms with van der Waals surface area (Å²) < 4.78 is 20.0. The SMILES string of the molecule is CC(C)(C)NC(=O)OC(C)(C)CC(C(=O)N1CCN(c2c(-c3cccc(F)c3)cnc3[nH]ccc23)CC1)c1ccc(Cl)cc1. The summed E-state index contributed by atoms with van der Waals surface area (Å²) in [5.41, 5.74) is 2.73. The zero-order valence-corrected chi connectivity index (χ0v) is 26.5. The lowest BCUT2D eigenvalue weighted by Gasteiger charge is -2.39. The quantitative estimate of drug-likeness (QED) is 0.229. The van der Waals surface area contributed by atoms with Crippen molar-refractivity contribution in [3.05, 3.63) is 83.4 Å². The Balaban J connectivity index is 1.37. The maximum atomic E-state index is 14.2. The zero-order chi connectivity index (χ0) is 31.6. The third kappa shape index (κ3) is 7.33. The smallest absolute Gasteiger partial charge is 0.408 e.